The fraction of sp³-hybridized carbons (Fsp3) is 0.235. The SMILES string of the molecule is Cc1ccc(OCC(=O)NC(C)c2ccc(Cl)cc2Cl)cc1. The monoisotopic (exact) mass is 337 g/mol. The quantitative estimate of drug-likeness (QED) is 0.868. The van der Waals surface area contributed by atoms with Gasteiger partial charge in [0, 0.05) is 10.0 Å². The van der Waals surface area contributed by atoms with E-state index in [-0.39, 0.29) is 18.6 Å². The standard InChI is InChI=1S/C17H17Cl2NO2/c1-11-3-6-14(7-4-11)22-10-17(21)20-12(2)15-8-5-13(18)9-16(15)19/h3-9,12H,10H2,1-2H3,(H,20,21). The summed E-state index contributed by atoms with van der Waals surface area (Å²) in [5, 5.41) is 3.94. The first-order valence-electron chi connectivity index (χ1n) is 6.89. The third kappa shape index (κ3) is 4.65. The smallest absolute Gasteiger partial charge is 0.258 e. The highest BCUT2D eigenvalue weighted by Gasteiger charge is 2.13. The normalized spacial score (nSPS) is 11.8. The highest BCUT2D eigenvalue weighted by Crippen LogP contribution is 2.26. The molecule has 1 amide bonds. The van der Waals surface area contributed by atoms with Crippen LogP contribution in [0.5, 0.6) is 5.75 Å². The second kappa shape index (κ2) is 7.52. The number of benzene rings is 2. The molecule has 0 aliphatic heterocycles. The fourth-order valence-corrected chi connectivity index (χ4v) is 2.57. The summed E-state index contributed by atoms with van der Waals surface area (Å²) in [7, 11) is 0. The number of ether oxygens (including phenoxy) is 1. The van der Waals surface area contributed by atoms with Gasteiger partial charge < -0.3 is 10.1 Å². The van der Waals surface area contributed by atoms with E-state index in [2.05, 4.69) is 5.32 Å². The van der Waals surface area contributed by atoms with Gasteiger partial charge in [-0.3, -0.25) is 4.79 Å². The van der Waals surface area contributed by atoms with Crippen molar-refractivity contribution >= 4 is 29.1 Å². The second-order valence-corrected chi connectivity index (χ2v) is 5.90. The Labute approximate surface area is 140 Å². The summed E-state index contributed by atoms with van der Waals surface area (Å²) in [6, 6.07) is 12.5. The Kier molecular flexibility index (Phi) is 5.69. The first-order valence-corrected chi connectivity index (χ1v) is 7.65. The molecular weight excluding hydrogens is 321 g/mol. The van der Waals surface area contributed by atoms with Crippen LogP contribution in [-0.4, -0.2) is 12.5 Å². The molecule has 2 rings (SSSR count). The average molecular weight is 338 g/mol. The van der Waals surface area contributed by atoms with Gasteiger partial charge in [-0.15, -0.1) is 0 Å². The van der Waals surface area contributed by atoms with E-state index in [1.807, 2.05) is 38.1 Å². The van der Waals surface area contributed by atoms with Gasteiger partial charge in [-0.25, -0.2) is 0 Å². The zero-order valence-electron chi connectivity index (χ0n) is 12.4. The molecule has 0 bridgehead atoms. The summed E-state index contributed by atoms with van der Waals surface area (Å²) in [5.74, 6) is 0.456. The van der Waals surface area contributed by atoms with E-state index in [0.717, 1.165) is 11.1 Å². The first-order chi connectivity index (χ1) is 10.5. The number of hydrogen-bond acceptors (Lipinski definition) is 2. The van der Waals surface area contributed by atoms with Crippen LogP contribution in [0.2, 0.25) is 10.0 Å². The third-order valence-corrected chi connectivity index (χ3v) is 3.76. The van der Waals surface area contributed by atoms with Crippen LogP contribution in [0.4, 0.5) is 0 Å². The second-order valence-electron chi connectivity index (χ2n) is 5.06. The predicted octanol–water partition coefficient (Wildman–Crippen LogP) is 4.56. The molecule has 2 aromatic rings. The van der Waals surface area contributed by atoms with Crippen molar-refractivity contribution in [2.75, 3.05) is 6.61 Å². The van der Waals surface area contributed by atoms with Gasteiger partial charge in [-0.05, 0) is 43.7 Å². The largest absolute Gasteiger partial charge is 0.484 e. The van der Waals surface area contributed by atoms with Gasteiger partial charge in [0.15, 0.2) is 6.61 Å². The van der Waals surface area contributed by atoms with E-state index >= 15 is 0 Å². The summed E-state index contributed by atoms with van der Waals surface area (Å²) in [6.07, 6.45) is 0. The topological polar surface area (TPSA) is 38.3 Å². The van der Waals surface area contributed by atoms with E-state index in [1.165, 1.54) is 0 Å². The molecule has 116 valence electrons. The van der Waals surface area contributed by atoms with E-state index in [1.54, 1.807) is 18.2 Å². The van der Waals surface area contributed by atoms with Gasteiger partial charge >= 0.3 is 0 Å². The van der Waals surface area contributed by atoms with Crippen molar-refractivity contribution in [1.82, 2.24) is 5.32 Å². The number of carbonyl (C=O) groups is 1. The molecule has 0 aliphatic carbocycles. The molecule has 0 saturated carbocycles. The van der Waals surface area contributed by atoms with Crippen LogP contribution in [0, 0.1) is 6.92 Å². The van der Waals surface area contributed by atoms with E-state index in [0.29, 0.717) is 15.8 Å². The summed E-state index contributed by atoms with van der Waals surface area (Å²) >= 11 is 12.0. The molecular formula is C17H17Cl2NO2. The third-order valence-electron chi connectivity index (χ3n) is 3.20. The van der Waals surface area contributed by atoms with Crippen LogP contribution in [0.15, 0.2) is 42.5 Å². The zero-order valence-corrected chi connectivity index (χ0v) is 13.9. The number of carbonyl (C=O) groups excluding carboxylic acids is 1. The fourth-order valence-electron chi connectivity index (χ4n) is 2.00. The number of amides is 1. The molecule has 0 aliphatic rings. The lowest BCUT2D eigenvalue weighted by atomic mass is 10.1. The van der Waals surface area contributed by atoms with Gasteiger partial charge in [0.05, 0.1) is 6.04 Å². The Hall–Kier alpha value is -1.71. The van der Waals surface area contributed by atoms with Crippen LogP contribution in [0.25, 0.3) is 0 Å². The number of aryl methyl sites for hydroxylation is 1. The van der Waals surface area contributed by atoms with E-state index in [4.69, 9.17) is 27.9 Å². The van der Waals surface area contributed by atoms with Gasteiger partial charge in [0.1, 0.15) is 5.75 Å². The van der Waals surface area contributed by atoms with Gasteiger partial charge in [0.2, 0.25) is 0 Å². The lowest BCUT2D eigenvalue weighted by Crippen LogP contribution is -2.31. The minimum Gasteiger partial charge on any atom is -0.484 e. The summed E-state index contributed by atoms with van der Waals surface area (Å²) in [5.41, 5.74) is 1.96. The number of halogens is 2. The minimum absolute atomic E-state index is 0.0430. The van der Waals surface area contributed by atoms with Crippen molar-refractivity contribution in [2.45, 2.75) is 19.9 Å². The summed E-state index contributed by atoms with van der Waals surface area (Å²) < 4.78 is 5.44. The maximum atomic E-state index is 11.9. The molecule has 0 spiro atoms. The van der Waals surface area contributed by atoms with Gasteiger partial charge in [0.25, 0.3) is 5.91 Å². The molecule has 5 heteroatoms. The highest BCUT2D eigenvalue weighted by atomic mass is 35.5. The van der Waals surface area contributed by atoms with Crippen LogP contribution >= 0.6 is 23.2 Å². The Balaban J connectivity index is 1.89. The molecule has 1 unspecified atom stereocenters. The Morgan fingerprint density at radius 1 is 1.18 bits per heavy atom. The maximum absolute atomic E-state index is 11.9. The molecule has 1 N–H and O–H groups in total. The Morgan fingerprint density at radius 3 is 2.50 bits per heavy atom. The number of hydrogen-bond donors (Lipinski definition) is 1. The van der Waals surface area contributed by atoms with E-state index < -0.39 is 0 Å². The molecule has 0 heterocycles. The number of nitrogens with one attached hydrogen (secondary N) is 1. The molecule has 0 aromatic heterocycles. The lowest BCUT2D eigenvalue weighted by molar-refractivity contribution is -0.123. The maximum Gasteiger partial charge on any atom is 0.258 e. The molecule has 3 nitrogen and oxygen atoms in total. The van der Waals surface area contributed by atoms with Crippen LogP contribution < -0.4 is 10.1 Å². The van der Waals surface area contributed by atoms with Crippen LogP contribution in [0.3, 0.4) is 0 Å². The Bertz CT molecular complexity index is 656. The van der Waals surface area contributed by atoms with Crippen molar-refractivity contribution in [3.05, 3.63) is 63.6 Å². The summed E-state index contributed by atoms with van der Waals surface area (Å²) in [6.45, 7) is 3.81. The molecule has 0 fully saturated rings. The van der Waals surface area contributed by atoms with Crippen molar-refractivity contribution in [3.63, 3.8) is 0 Å². The summed E-state index contributed by atoms with van der Waals surface area (Å²) in [4.78, 5) is 11.9. The molecule has 2 aromatic carbocycles. The van der Waals surface area contributed by atoms with Crippen molar-refractivity contribution in [1.29, 1.82) is 0 Å². The average Bonchev–Trinajstić information content (AvgIpc) is 2.46. The van der Waals surface area contributed by atoms with Crippen LogP contribution in [0.1, 0.15) is 24.1 Å². The first kappa shape index (κ1) is 16.7. The Morgan fingerprint density at radius 2 is 1.86 bits per heavy atom. The van der Waals surface area contributed by atoms with Gasteiger partial charge in [-0.1, -0.05) is 47.0 Å². The molecule has 22 heavy (non-hydrogen) atoms. The molecule has 0 saturated heterocycles. The highest BCUT2D eigenvalue weighted by molar-refractivity contribution is 6.35. The lowest BCUT2D eigenvalue weighted by Gasteiger charge is -2.16. The van der Waals surface area contributed by atoms with Crippen LogP contribution in [-0.2, 0) is 4.79 Å². The van der Waals surface area contributed by atoms with Crippen molar-refractivity contribution < 1.29 is 9.53 Å². The van der Waals surface area contributed by atoms with Gasteiger partial charge in [-0.2, -0.15) is 0 Å². The van der Waals surface area contributed by atoms with E-state index in [9.17, 15) is 4.79 Å². The van der Waals surface area contributed by atoms with Crippen molar-refractivity contribution in [2.24, 2.45) is 0 Å². The zero-order chi connectivity index (χ0) is 16.1. The minimum atomic E-state index is -0.223. The number of rotatable bonds is 5. The van der Waals surface area contributed by atoms with Crippen molar-refractivity contribution in [3.8, 4) is 5.75 Å². The molecule has 0 radical (unpaired) electrons. The molecule has 1 atom stereocenters. The predicted molar refractivity (Wildman–Crippen MR) is 89.7 cm³/mol.